The number of hydrogen-bond donors (Lipinski definition) is 1. The van der Waals surface area contributed by atoms with E-state index in [9.17, 15) is 18.4 Å². The largest absolute Gasteiger partial charge is 0.357 e. The molecule has 0 saturated heterocycles. The summed E-state index contributed by atoms with van der Waals surface area (Å²) in [4.78, 5) is 38.0. The van der Waals surface area contributed by atoms with E-state index in [4.69, 9.17) is 0 Å². The molecule has 0 aliphatic carbocycles. The molecule has 0 spiro atoms. The Bertz CT molecular complexity index is 1150. The van der Waals surface area contributed by atoms with Gasteiger partial charge in [0, 0.05) is 39.2 Å². The number of nitrogens with zero attached hydrogens (tertiary/aromatic N) is 4. The number of rotatable bonds is 4. The molecule has 160 valence electrons. The first-order valence-electron chi connectivity index (χ1n) is 9.95. The number of aromatic nitrogens is 2. The van der Waals surface area contributed by atoms with E-state index in [1.807, 2.05) is 36.2 Å². The average molecular weight is 425 g/mol. The van der Waals surface area contributed by atoms with Crippen molar-refractivity contribution in [1.29, 1.82) is 0 Å². The van der Waals surface area contributed by atoms with E-state index in [0.717, 1.165) is 30.6 Å². The highest BCUT2D eigenvalue weighted by atomic mass is 19.1. The van der Waals surface area contributed by atoms with Gasteiger partial charge in [0.05, 0.1) is 16.6 Å². The number of nitrogens with one attached hydrogen (secondary N) is 1. The van der Waals surface area contributed by atoms with Crippen molar-refractivity contribution in [3.05, 3.63) is 59.7 Å². The van der Waals surface area contributed by atoms with Crippen LogP contribution in [0.4, 0.5) is 20.4 Å². The Morgan fingerprint density at radius 3 is 2.45 bits per heavy atom. The lowest BCUT2D eigenvalue weighted by Gasteiger charge is -2.23. The molecule has 7 nitrogen and oxygen atoms in total. The molecule has 2 aromatic carbocycles. The third-order valence-electron chi connectivity index (χ3n) is 5.13. The van der Waals surface area contributed by atoms with Gasteiger partial charge >= 0.3 is 0 Å². The fraction of sp³-hybridized carbons (Fsp3) is 0.273. The van der Waals surface area contributed by atoms with Gasteiger partial charge in [-0.05, 0) is 30.7 Å². The Hall–Kier alpha value is -3.62. The lowest BCUT2D eigenvalue weighted by molar-refractivity contribution is -0.118. The van der Waals surface area contributed by atoms with Gasteiger partial charge in [-0.15, -0.1) is 0 Å². The first-order chi connectivity index (χ1) is 14.9. The second-order valence-corrected chi connectivity index (χ2v) is 7.31. The molecule has 4 rings (SSSR count). The maximum absolute atomic E-state index is 13.8. The Morgan fingerprint density at radius 1 is 1.03 bits per heavy atom. The van der Waals surface area contributed by atoms with Crippen molar-refractivity contribution >= 4 is 34.5 Å². The predicted octanol–water partition coefficient (Wildman–Crippen LogP) is 2.90. The fourth-order valence-electron chi connectivity index (χ4n) is 3.53. The van der Waals surface area contributed by atoms with Crippen molar-refractivity contribution in [2.45, 2.75) is 12.8 Å². The summed E-state index contributed by atoms with van der Waals surface area (Å²) in [6.07, 6.45) is 0.746. The maximum atomic E-state index is 13.8. The molecule has 0 fully saturated rings. The third kappa shape index (κ3) is 4.30. The number of halogens is 2. The minimum Gasteiger partial charge on any atom is -0.357 e. The van der Waals surface area contributed by atoms with E-state index in [-0.39, 0.29) is 24.4 Å². The van der Waals surface area contributed by atoms with Gasteiger partial charge in [0.25, 0.3) is 5.91 Å². The number of carbonyl (C=O) groups is 2. The molecule has 2 amide bonds. The van der Waals surface area contributed by atoms with Crippen molar-refractivity contribution in [2.24, 2.45) is 0 Å². The molecule has 3 aromatic rings. The van der Waals surface area contributed by atoms with Gasteiger partial charge in [-0.3, -0.25) is 14.5 Å². The first kappa shape index (κ1) is 20.6. The predicted molar refractivity (Wildman–Crippen MR) is 113 cm³/mol. The van der Waals surface area contributed by atoms with Crippen LogP contribution in [-0.4, -0.2) is 48.5 Å². The van der Waals surface area contributed by atoms with Gasteiger partial charge in [-0.25, -0.2) is 18.7 Å². The smallest absolute Gasteiger partial charge is 0.254 e. The van der Waals surface area contributed by atoms with E-state index >= 15 is 0 Å². The highest BCUT2D eigenvalue weighted by molar-refractivity contribution is 5.98. The van der Waals surface area contributed by atoms with Crippen LogP contribution in [0.5, 0.6) is 0 Å². The van der Waals surface area contributed by atoms with Crippen LogP contribution in [0, 0.1) is 11.6 Å². The zero-order chi connectivity index (χ0) is 22.0. The summed E-state index contributed by atoms with van der Waals surface area (Å²) >= 11 is 0. The van der Waals surface area contributed by atoms with Gasteiger partial charge in [0.2, 0.25) is 5.91 Å². The minimum atomic E-state index is -0.949. The second-order valence-electron chi connectivity index (χ2n) is 7.31. The molecule has 0 unspecified atom stereocenters. The monoisotopic (exact) mass is 425 g/mol. The van der Waals surface area contributed by atoms with E-state index in [2.05, 4.69) is 15.3 Å². The van der Waals surface area contributed by atoms with Crippen molar-refractivity contribution in [3.8, 4) is 0 Å². The summed E-state index contributed by atoms with van der Waals surface area (Å²) in [6.45, 7) is 1.21. The van der Waals surface area contributed by atoms with E-state index < -0.39 is 17.5 Å². The summed E-state index contributed by atoms with van der Waals surface area (Å²) < 4.78 is 26.8. The molecule has 9 heteroatoms. The van der Waals surface area contributed by atoms with Crippen LogP contribution in [-0.2, 0) is 4.79 Å². The zero-order valence-electron chi connectivity index (χ0n) is 16.9. The SMILES string of the molecule is CN1CCCN(C(=O)CCNC(=O)c2ccc(F)cc2F)c2nc3ccccc3nc21. The molecule has 0 bridgehead atoms. The lowest BCUT2D eigenvalue weighted by Crippen LogP contribution is -2.35. The van der Waals surface area contributed by atoms with E-state index in [1.165, 1.54) is 0 Å². The zero-order valence-corrected chi connectivity index (χ0v) is 16.9. The van der Waals surface area contributed by atoms with Crippen molar-refractivity contribution in [2.75, 3.05) is 36.5 Å². The first-order valence-corrected chi connectivity index (χ1v) is 9.95. The number of anilines is 2. The van der Waals surface area contributed by atoms with Crippen molar-refractivity contribution in [3.63, 3.8) is 0 Å². The van der Waals surface area contributed by atoms with Gasteiger partial charge in [-0.1, -0.05) is 12.1 Å². The second kappa shape index (κ2) is 8.63. The van der Waals surface area contributed by atoms with Crippen LogP contribution in [0.3, 0.4) is 0 Å². The molecular formula is C22H21F2N5O2. The number of para-hydroxylation sites is 2. The van der Waals surface area contributed by atoms with Crippen LogP contribution in [0.2, 0.25) is 0 Å². The highest BCUT2D eigenvalue weighted by Gasteiger charge is 2.26. The van der Waals surface area contributed by atoms with Gasteiger partial charge < -0.3 is 10.2 Å². The lowest BCUT2D eigenvalue weighted by atomic mass is 10.2. The summed E-state index contributed by atoms with van der Waals surface area (Å²) in [5.74, 6) is -1.52. The van der Waals surface area contributed by atoms with Crippen LogP contribution < -0.4 is 15.1 Å². The van der Waals surface area contributed by atoms with Crippen LogP contribution in [0.1, 0.15) is 23.2 Å². The summed E-state index contributed by atoms with van der Waals surface area (Å²) in [6, 6.07) is 10.2. The molecular weight excluding hydrogens is 404 g/mol. The number of hydrogen-bond acceptors (Lipinski definition) is 5. The van der Waals surface area contributed by atoms with E-state index in [1.54, 1.807) is 4.90 Å². The molecule has 2 heterocycles. The molecule has 31 heavy (non-hydrogen) atoms. The number of amides is 2. The van der Waals surface area contributed by atoms with Crippen molar-refractivity contribution in [1.82, 2.24) is 15.3 Å². The normalized spacial score (nSPS) is 13.6. The molecule has 1 aromatic heterocycles. The Morgan fingerprint density at radius 2 is 1.74 bits per heavy atom. The maximum Gasteiger partial charge on any atom is 0.254 e. The summed E-state index contributed by atoms with van der Waals surface area (Å²) in [7, 11) is 1.91. The Labute approximate surface area is 177 Å². The molecule has 1 N–H and O–H groups in total. The van der Waals surface area contributed by atoms with Gasteiger partial charge in [-0.2, -0.15) is 0 Å². The van der Waals surface area contributed by atoms with Crippen molar-refractivity contribution < 1.29 is 18.4 Å². The van der Waals surface area contributed by atoms with Crippen LogP contribution in [0.25, 0.3) is 11.0 Å². The standard InChI is InChI=1S/C22H21F2N5O2/c1-28-11-4-12-29(21-20(28)26-17-5-2-3-6-18(17)27-21)19(30)9-10-25-22(31)15-8-7-14(23)13-16(15)24/h2-3,5-8,13H,4,9-12H2,1H3,(H,25,31). The minimum absolute atomic E-state index is 0.00617. The Balaban J connectivity index is 1.49. The quantitative estimate of drug-likeness (QED) is 0.696. The van der Waals surface area contributed by atoms with Crippen LogP contribution >= 0.6 is 0 Å². The fourth-order valence-corrected chi connectivity index (χ4v) is 3.53. The van der Waals surface area contributed by atoms with E-state index in [0.29, 0.717) is 29.8 Å². The van der Waals surface area contributed by atoms with Gasteiger partial charge in [0.15, 0.2) is 11.6 Å². The summed E-state index contributed by atoms with van der Waals surface area (Å²) in [5, 5.41) is 2.51. The molecule has 0 radical (unpaired) electrons. The molecule has 0 saturated carbocycles. The topological polar surface area (TPSA) is 78.4 Å². The molecule has 1 aliphatic rings. The number of fused-ring (bicyclic) bond motifs is 2. The van der Waals surface area contributed by atoms with Crippen LogP contribution in [0.15, 0.2) is 42.5 Å². The van der Waals surface area contributed by atoms with Gasteiger partial charge in [0.1, 0.15) is 11.6 Å². The average Bonchev–Trinajstić information content (AvgIpc) is 2.90. The molecule has 1 aliphatic heterocycles. The third-order valence-corrected chi connectivity index (χ3v) is 5.13. The molecule has 0 atom stereocenters. The number of benzene rings is 2. The number of carbonyl (C=O) groups excluding carboxylic acids is 2. The summed E-state index contributed by atoms with van der Waals surface area (Å²) in [5.41, 5.74) is 1.17. The highest BCUT2D eigenvalue weighted by Crippen LogP contribution is 2.30. The Kier molecular flexibility index (Phi) is 5.75.